The Morgan fingerprint density at radius 2 is 1.36 bits per heavy atom. The van der Waals surface area contributed by atoms with Gasteiger partial charge in [0, 0.05) is 5.92 Å². The molecule has 0 spiro atoms. The molecule has 0 saturated heterocycles. The van der Waals surface area contributed by atoms with Crippen molar-refractivity contribution in [2.75, 3.05) is 14.2 Å². The van der Waals surface area contributed by atoms with Crippen molar-refractivity contribution in [2.45, 2.75) is 25.7 Å². The van der Waals surface area contributed by atoms with Gasteiger partial charge in [0.05, 0.1) is 37.8 Å². The van der Waals surface area contributed by atoms with Crippen LogP contribution in [0.1, 0.15) is 34.1 Å². The van der Waals surface area contributed by atoms with Crippen molar-refractivity contribution in [2.24, 2.45) is 11.3 Å². The van der Waals surface area contributed by atoms with Crippen LogP contribution in [-0.4, -0.2) is 31.3 Å². The van der Waals surface area contributed by atoms with Crippen LogP contribution in [0.25, 0.3) is 0 Å². The predicted octanol–water partition coefficient (Wildman–Crippen LogP) is 3.99. The van der Waals surface area contributed by atoms with Gasteiger partial charge in [-0.05, 0) is 25.0 Å². The number of hydrogen-bond donors (Lipinski definition) is 1. The van der Waals surface area contributed by atoms with E-state index in [2.05, 4.69) is 12.1 Å². The van der Waals surface area contributed by atoms with Crippen LogP contribution in [0.15, 0.2) is 59.9 Å². The van der Waals surface area contributed by atoms with E-state index in [0.29, 0.717) is 11.1 Å². The number of nitriles is 2. The van der Waals surface area contributed by atoms with Crippen molar-refractivity contribution in [1.29, 1.82) is 10.5 Å². The molecule has 1 aliphatic rings. The van der Waals surface area contributed by atoms with E-state index in [9.17, 15) is 25.2 Å². The zero-order chi connectivity index (χ0) is 24.3. The molecule has 2 aromatic rings. The zero-order valence-corrected chi connectivity index (χ0v) is 18.8. The average molecular weight is 444 g/mol. The number of aryl methyl sites for hydroxylation is 2. The van der Waals surface area contributed by atoms with Crippen molar-refractivity contribution in [3.8, 4) is 12.1 Å². The first-order valence-corrected chi connectivity index (χ1v) is 10.3. The molecule has 2 aromatic carbocycles. The van der Waals surface area contributed by atoms with Crippen LogP contribution in [-0.2, 0) is 19.1 Å². The molecule has 0 heterocycles. The largest absolute Gasteiger partial charge is 0.511 e. The summed E-state index contributed by atoms with van der Waals surface area (Å²) in [5.41, 5.74) is 0.600. The highest BCUT2D eigenvalue weighted by Gasteiger charge is 2.61. The predicted molar refractivity (Wildman–Crippen MR) is 119 cm³/mol. The fourth-order valence-electron chi connectivity index (χ4n) is 4.56. The summed E-state index contributed by atoms with van der Waals surface area (Å²) in [4.78, 5) is 25.8. The van der Waals surface area contributed by atoms with Crippen LogP contribution in [0.4, 0.5) is 0 Å². The minimum Gasteiger partial charge on any atom is -0.511 e. The molecule has 3 atom stereocenters. The maximum absolute atomic E-state index is 12.9. The summed E-state index contributed by atoms with van der Waals surface area (Å²) in [5.74, 6) is -6.09. The fraction of sp³-hybridized carbons (Fsp3) is 0.308. The summed E-state index contributed by atoms with van der Waals surface area (Å²) in [5, 5.41) is 32.2. The molecular formula is C26H24N2O5. The van der Waals surface area contributed by atoms with Crippen LogP contribution >= 0.6 is 0 Å². The molecule has 1 aliphatic carbocycles. The van der Waals surface area contributed by atoms with Gasteiger partial charge >= 0.3 is 11.9 Å². The van der Waals surface area contributed by atoms with Crippen molar-refractivity contribution >= 4 is 11.9 Å². The van der Waals surface area contributed by atoms with E-state index < -0.39 is 40.9 Å². The highest BCUT2D eigenvalue weighted by molar-refractivity contribution is 5.94. The average Bonchev–Trinajstić information content (AvgIpc) is 2.83. The summed E-state index contributed by atoms with van der Waals surface area (Å²) in [6, 6.07) is 18.2. The molecule has 0 aliphatic heterocycles. The van der Waals surface area contributed by atoms with E-state index in [-0.39, 0.29) is 5.57 Å². The molecule has 0 amide bonds. The van der Waals surface area contributed by atoms with Gasteiger partial charge in [0.15, 0.2) is 5.41 Å². The quantitative estimate of drug-likeness (QED) is 0.708. The number of aliphatic hydroxyl groups excluding tert-OH is 1. The minimum absolute atomic E-state index is 0.303. The Labute approximate surface area is 192 Å². The second-order valence-electron chi connectivity index (χ2n) is 8.12. The van der Waals surface area contributed by atoms with Gasteiger partial charge in [-0.2, -0.15) is 10.5 Å². The SMILES string of the molecule is COC(=O)C1=C(O)[C@@H](C(=O)OC)[C@@H](c2ccc(C)cc2)C(C#N)(C#N)[C@H]1c1ccc(C)cc1. The number of rotatable bonds is 4. The number of carbonyl (C=O) groups is 2. The van der Waals surface area contributed by atoms with Crippen LogP contribution in [0, 0.1) is 47.8 Å². The lowest BCUT2D eigenvalue weighted by atomic mass is 9.54. The molecule has 7 heteroatoms. The second-order valence-corrected chi connectivity index (χ2v) is 8.12. The number of carbonyl (C=O) groups excluding carboxylic acids is 2. The van der Waals surface area contributed by atoms with Gasteiger partial charge in [-0.25, -0.2) is 4.79 Å². The van der Waals surface area contributed by atoms with E-state index in [1.807, 2.05) is 13.8 Å². The monoisotopic (exact) mass is 444 g/mol. The third-order valence-electron chi connectivity index (χ3n) is 6.22. The molecule has 1 N–H and O–H groups in total. The number of ether oxygens (including phenoxy) is 2. The summed E-state index contributed by atoms with van der Waals surface area (Å²) in [6.07, 6.45) is 0. The van der Waals surface area contributed by atoms with Crippen LogP contribution in [0.2, 0.25) is 0 Å². The highest BCUT2D eigenvalue weighted by Crippen LogP contribution is 2.58. The first-order valence-electron chi connectivity index (χ1n) is 10.3. The summed E-state index contributed by atoms with van der Waals surface area (Å²) in [7, 11) is 2.28. The Morgan fingerprint density at radius 3 is 1.79 bits per heavy atom. The number of benzene rings is 2. The molecule has 0 saturated carbocycles. The van der Waals surface area contributed by atoms with Crippen molar-refractivity contribution in [1.82, 2.24) is 0 Å². The number of esters is 2. The summed E-state index contributed by atoms with van der Waals surface area (Å²) < 4.78 is 9.84. The Balaban J connectivity index is 2.47. The minimum atomic E-state index is -1.93. The first-order chi connectivity index (χ1) is 15.7. The highest BCUT2D eigenvalue weighted by atomic mass is 16.5. The van der Waals surface area contributed by atoms with E-state index in [1.165, 1.54) is 0 Å². The molecule has 0 aromatic heterocycles. The lowest BCUT2D eigenvalue weighted by Crippen LogP contribution is -2.47. The van der Waals surface area contributed by atoms with Gasteiger partial charge in [-0.15, -0.1) is 0 Å². The van der Waals surface area contributed by atoms with Gasteiger partial charge in [-0.3, -0.25) is 4.79 Å². The van der Waals surface area contributed by atoms with E-state index in [1.54, 1.807) is 48.5 Å². The van der Waals surface area contributed by atoms with Crippen LogP contribution < -0.4 is 0 Å². The van der Waals surface area contributed by atoms with Crippen molar-refractivity contribution in [3.63, 3.8) is 0 Å². The molecule has 7 nitrogen and oxygen atoms in total. The fourth-order valence-corrected chi connectivity index (χ4v) is 4.56. The Bertz CT molecular complexity index is 1170. The lowest BCUT2D eigenvalue weighted by molar-refractivity contribution is -0.147. The molecule has 0 radical (unpaired) electrons. The Morgan fingerprint density at radius 1 is 0.879 bits per heavy atom. The van der Waals surface area contributed by atoms with Gasteiger partial charge in [0.25, 0.3) is 0 Å². The van der Waals surface area contributed by atoms with Gasteiger partial charge in [-0.1, -0.05) is 59.7 Å². The van der Waals surface area contributed by atoms with Crippen molar-refractivity contribution < 1.29 is 24.2 Å². The normalized spacial score (nSPS) is 21.5. The van der Waals surface area contributed by atoms with Gasteiger partial charge in [0.1, 0.15) is 11.7 Å². The summed E-state index contributed by atoms with van der Waals surface area (Å²) in [6.45, 7) is 3.76. The van der Waals surface area contributed by atoms with E-state index in [4.69, 9.17) is 9.47 Å². The Hall–Kier alpha value is -4.10. The molecule has 168 valence electrons. The number of hydrogen-bond acceptors (Lipinski definition) is 7. The third-order valence-corrected chi connectivity index (χ3v) is 6.22. The molecular weight excluding hydrogens is 420 g/mol. The van der Waals surface area contributed by atoms with E-state index >= 15 is 0 Å². The Kier molecular flexibility index (Phi) is 6.55. The van der Waals surface area contributed by atoms with Gasteiger partial charge in [0.2, 0.25) is 0 Å². The first kappa shape index (κ1) is 23.6. The standard InChI is InChI=1S/C26H24N2O5/c1-15-5-9-17(10-6-15)21-19(24(30)32-3)23(29)20(25(31)33-4)22(26(21,13-27)14-28)18-11-7-16(2)8-12-18/h5-12,19,21-22,29H,1-4H3/t19-,21+,22-/m0/s1. The number of nitrogens with zero attached hydrogens (tertiary/aromatic N) is 2. The molecule has 3 rings (SSSR count). The maximum Gasteiger partial charge on any atom is 0.337 e. The molecule has 33 heavy (non-hydrogen) atoms. The van der Waals surface area contributed by atoms with Gasteiger partial charge < -0.3 is 14.6 Å². The third kappa shape index (κ3) is 3.83. The van der Waals surface area contributed by atoms with Crippen molar-refractivity contribution in [3.05, 3.63) is 82.1 Å². The maximum atomic E-state index is 12.9. The van der Waals surface area contributed by atoms with Crippen LogP contribution in [0.5, 0.6) is 0 Å². The molecule has 0 fully saturated rings. The smallest absolute Gasteiger partial charge is 0.337 e. The van der Waals surface area contributed by atoms with Crippen LogP contribution in [0.3, 0.4) is 0 Å². The number of methoxy groups -OCH3 is 2. The number of aliphatic hydroxyl groups is 1. The van der Waals surface area contributed by atoms with E-state index in [0.717, 1.165) is 25.3 Å². The lowest BCUT2D eigenvalue weighted by Gasteiger charge is -2.44. The topological polar surface area (TPSA) is 120 Å². The molecule has 0 unspecified atom stereocenters. The molecule has 0 bridgehead atoms. The zero-order valence-electron chi connectivity index (χ0n) is 18.8. The second kappa shape index (κ2) is 9.18. The summed E-state index contributed by atoms with van der Waals surface area (Å²) >= 11 is 0.